The molecule has 0 radical (unpaired) electrons. The molecular formula is C42H52Zr. The van der Waals surface area contributed by atoms with Crippen LogP contribution in [0, 0.1) is 11.3 Å². The summed E-state index contributed by atoms with van der Waals surface area (Å²) < 4.78 is 5.80. The van der Waals surface area contributed by atoms with Gasteiger partial charge in [-0.3, -0.25) is 0 Å². The van der Waals surface area contributed by atoms with Crippen molar-refractivity contribution in [1.82, 2.24) is 0 Å². The van der Waals surface area contributed by atoms with E-state index in [4.69, 9.17) is 0 Å². The number of allylic oxidation sites excluding steroid dienone is 8. The Morgan fingerprint density at radius 2 is 1.44 bits per heavy atom. The Bertz CT molecular complexity index is 1730. The number of benzene rings is 2. The maximum atomic E-state index is 2.73. The molecular weight excluding hydrogens is 596 g/mol. The van der Waals surface area contributed by atoms with E-state index < -0.39 is 21.3 Å². The average molecular weight is 648 g/mol. The molecule has 5 aliphatic carbocycles. The van der Waals surface area contributed by atoms with Crippen molar-refractivity contribution in [2.24, 2.45) is 11.3 Å². The van der Waals surface area contributed by atoms with Crippen LogP contribution in [0.4, 0.5) is 0 Å². The first-order chi connectivity index (χ1) is 20.2. The van der Waals surface area contributed by atoms with Gasteiger partial charge in [0.05, 0.1) is 0 Å². The van der Waals surface area contributed by atoms with Crippen LogP contribution in [0.15, 0.2) is 54.6 Å². The molecule has 0 N–H and O–H groups in total. The van der Waals surface area contributed by atoms with E-state index in [1.54, 1.807) is 27.8 Å². The molecule has 0 amide bonds. The van der Waals surface area contributed by atoms with Gasteiger partial charge in [0.15, 0.2) is 0 Å². The maximum absolute atomic E-state index is 2.73. The van der Waals surface area contributed by atoms with E-state index in [-0.39, 0.29) is 16.2 Å². The van der Waals surface area contributed by atoms with Crippen molar-refractivity contribution < 1.29 is 21.3 Å². The molecule has 0 saturated heterocycles. The third-order valence-corrected chi connectivity index (χ3v) is 21.0. The van der Waals surface area contributed by atoms with Gasteiger partial charge in [-0.1, -0.05) is 0 Å². The molecule has 2 aromatic rings. The van der Waals surface area contributed by atoms with Gasteiger partial charge in [-0.05, 0) is 0 Å². The van der Waals surface area contributed by atoms with Gasteiger partial charge >= 0.3 is 271 Å². The van der Waals surface area contributed by atoms with E-state index in [1.807, 2.05) is 9.77 Å². The van der Waals surface area contributed by atoms with Gasteiger partial charge in [-0.15, -0.1) is 0 Å². The Morgan fingerprint density at radius 1 is 0.814 bits per heavy atom. The summed E-state index contributed by atoms with van der Waals surface area (Å²) in [5.41, 5.74) is 17.4. The molecule has 43 heavy (non-hydrogen) atoms. The SMILES string of the molecule is CCC1C=C(C(C)(C)C)C=[C]1[Zr]([C]1=C(C)c2cc3c(cc2C1(C)C)Cc1cc2c(cc1-3)C(C)=CC2(C)C)=[C]1CCCCC1. The molecule has 0 spiro atoms. The molecule has 224 valence electrons. The number of fused-ring (bicyclic) bond motifs is 5. The minimum absolute atomic E-state index is 0.106. The Morgan fingerprint density at radius 3 is 2.07 bits per heavy atom. The fourth-order valence-corrected chi connectivity index (χ4v) is 19.5. The first-order valence-electron chi connectivity index (χ1n) is 17.2. The quantitative estimate of drug-likeness (QED) is 0.265. The fourth-order valence-electron chi connectivity index (χ4n) is 9.35. The molecule has 2 aromatic carbocycles. The van der Waals surface area contributed by atoms with Crippen molar-refractivity contribution in [3.8, 4) is 11.1 Å². The van der Waals surface area contributed by atoms with E-state index in [1.165, 1.54) is 71.9 Å². The van der Waals surface area contributed by atoms with Crippen molar-refractivity contribution >= 4 is 14.4 Å². The van der Waals surface area contributed by atoms with Crippen LogP contribution in [0.3, 0.4) is 0 Å². The summed E-state index contributed by atoms with van der Waals surface area (Å²) >= 11 is -2.32. The fraction of sp³-hybridized carbons (Fsp3) is 0.500. The minimum atomic E-state index is -2.32. The van der Waals surface area contributed by atoms with Crippen LogP contribution in [0.5, 0.6) is 0 Å². The van der Waals surface area contributed by atoms with Gasteiger partial charge in [0.25, 0.3) is 0 Å². The van der Waals surface area contributed by atoms with Gasteiger partial charge in [0.2, 0.25) is 0 Å². The van der Waals surface area contributed by atoms with E-state index in [2.05, 4.69) is 112 Å². The van der Waals surface area contributed by atoms with Gasteiger partial charge in [0, 0.05) is 0 Å². The van der Waals surface area contributed by atoms with Crippen molar-refractivity contribution in [3.05, 3.63) is 88.0 Å². The molecule has 0 aliphatic heterocycles. The molecule has 1 unspecified atom stereocenters. The van der Waals surface area contributed by atoms with Crippen molar-refractivity contribution in [2.75, 3.05) is 0 Å². The summed E-state index contributed by atoms with van der Waals surface area (Å²) in [5, 5.41) is 0. The van der Waals surface area contributed by atoms with E-state index in [0.717, 1.165) is 6.42 Å². The van der Waals surface area contributed by atoms with Crippen molar-refractivity contribution in [1.29, 1.82) is 0 Å². The predicted molar refractivity (Wildman–Crippen MR) is 184 cm³/mol. The first kappa shape index (κ1) is 29.8. The second-order valence-corrected chi connectivity index (χ2v) is 22.7. The predicted octanol–water partition coefficient (Wildman–Crippen LogP) is 11.6. The normalized spacial score (nSPS) is 23.1. The second kappa shape index (κ2) is 10.1. The summed E-state index contributed by atoms with van der Waals surface area (Å²) in [6.45, 7) is 24.4. The standard InChI is InChI=1S/C25H25.C11H17.C6H10.Zr/c1-14-12-24(3,4)22-8-16-7-17-9-23-19(15(2)13-25(23,5)6)11-21(17)20(16)10-18(14)22;1-5-9-6-7-10(8-9)11(2,3)4;1-2-4-6-5-3-1;/h8-12H,7H2,1-6H3;7-9H,5H2,1-4H3;1-5H2;. The number of rotatable bonds is 3. The van der Waals surface area contributed by atoms with Crippen LogP contribution in [0.1, 0.15) is 141 Å². The molecule has 0 nitrogen and oxygen atoms in total. The number of hydrogen-bond acceptors (Lipinski definition) is 0. The van der Waals surface area contributed by atoms with E-state index in [0.29, 0.717) is 5.92 Å². The van der Waals surface area contributed by atoms with E-state index >= 15 is 0 Å². The molecule has 7 rings (SSSR count). The van der Waals surface area contributed by atoms with Gasteiger partial charge < -0.3 is 0 Å². The van der Waals surface area contributed by atoms with Crippen LogP contribution in [-0.2, 0) is 38.5 Å². The summed E-state index contributed by atoms with van der Waals surface area (Å²) in [4.78, 5) is 0. The number of hydrogen-bond donors (Lipinski definition) is 0. The third-order valence-electron chi connectivity index (χ3n) is 11.7. The Labute approximate surface area is 269 Å². The molecule has 0 aromatic heterocycles. The molecule has 1 atom stereocenters. The summed E-state index contributed by atoms with van der Waals surface area (Å²) in [6, 6.07) is 10.4. The zero-order valence-corrected chi connectivity index (χ0v) is 31.0. The van der Waals surface area contributed by atoms with Crippen LogP contribution in [-0.4, -0.2) is 3.21 Å². The summed E-state index contributed by atoms with van der Waals surface area (Å²) in [6.07, 6.45) is 17.2. The zero-order chi connectivity index (χ0) is 30.6. The van der Waals surface area contributed by atoms with Gasteiger partial charge in [-0.2, -0.15) is 0 Å². The molecule has 1 heteroatoms. The van der Waals surface area contributed by atoms with Crippen molar-refractivity contribution in [3.63, 3.8) is 0 Å². The van der Waals surface area contributed by atoms with Crippen molar-refractivity contribution in [2.45, 2.75) is 125 Å². The Hall–Kier alpha value is -1.85. The first-order valence-corrected chi connectivity index (χ1v) is 20.8. The Kier molecular flexibility index (Phi) is 6.99. The molecule has 1 fully saturated rings. The molecule has 0 heterocycles. The van der Waals surface area contributed by atoms with Crippen LogP contribution in [0.25, 0.3) is 22.3 Å². The summed E-state index contributed by atoms with van der Waals surface area (Å²) in [5.74, 6) is 0.636. The Balaban J connectivity index is 1.40. The van der Waals surface area contributed by atoms with Crippen LogP contribution in [0.2, 0.25) is 0 Å². The molecule has 5 aliphatic rings. The topological polar surface area (TPSA) is 0 Å². The molecule has 0 bridgehead atoms. The zero-order valence-electron chi connectivity index (χ0n) is 28.6. The second-order valence-electron chi connectivity index (χ2n) is 16.5. The van der Waals surface area contributed by atoms with Crippen LogP contribution < -0.4 is 0 Å². The van der Waals surface area contributed by atoms with Crippen LogP contribution >= 0.6 is 0 Å². The van der Waals surface area contributed by atoms with E-state index in [9.17, 15) is 0 Å². The average Bonchev–Trinajstić information content (AvgIpc) is 3.64. The molecule has 1 saturated carbocycles. The van der Waals surface area contributed by atoms with Gasteiger partial charge in [0.1, 0.15) is 0 Å². The van der Waals surface area contributed by atoms with Gasteiger partial charge in [-0.25, -0.2) is 0 Å². The summed E-state index contributed by atoms with van der Waals surface area (Å²) in [7, 11) is 0. The third kappa shape index (κ3) is 4.57. The monoisotopic (exact) mass is 646 g/mol.